The summed E-state index contributed by atoms with van der Waals surface area (Å²) < 4.78 is 12.0. The van der Waals surface area contributed by atoms with Crippen LogP contribution >= 0.6 is 11.3 Å². The largest absolute Gasteiger partial charge is 0.457 e. The van der Waals surface area contributed by atoms with Gasteiger partial charge in [-0.2, -0.15) is 0 Å². The predicted molar refractivity (Wildman–Crippen MR) is 176 cm³/mol. The van der Waals surface area contributed by atoms with Gasteiger partial charge >= 0.3 is 6.09 Å². The summed E-state index contributed by atoms with van der Waals surface area (Å²) in [4.78, 5) is 42.3. The molecule has 1 saturated heterocycles. The lowest BCUT2D eigenvalue weighted by Gasteiger charge is -2.37. The van der Waals surface area contributed by atoms with Crippen LogP contribution in [-0.2, 0) is 15.1 Å². The lowest BCUT2D eigenvalue weighted by atomic mass is 9.70. The van der Waals surface area contributed by atoms with Crippen molar-refractivity contribution in [2.75, 3.05) is 18.8 Å². The number of nitrogens with zero attached hydrogens (tertiary/aromatic N) is 1. The lowest BCUT2D eigenvalue weighted by molar-refractivity contribution is -0.124. The molecule has 1 aliphatic carbocycles. The van der Waals surface area contributed by atoms with E-state index in [0.29, 0.717) is 44.0 Å². The number of ether oxygens (including phenoxy) is 2. The topological polar surface area (TPSA) is 183 Å². The quantitative estimate of drug-likeness (QED) is 0.199. The summed E-state index contributed by atoms with van der Waals surface area (Å²) in [6.07, 6.45) is -1.20. The van der Waals surface area contributed by atoms with Crippen LogP contribution in [0.4, 0.5) is 10.5 Å². The third-order valence-electron chi connectivity index (χ3n) is 8.22. The smallest absolute Gasteiger partial charge is 0.410 e. The molecule has 11 nitrogen and oxygen atoms in total. The Morgan fingerprint density at radius 2 is 1.70 bits per heavy atom. The first-order valence-electron chi connectivity index (χ1n) is 15.0. The van der Waals surface area contributed by atoms with Gasteiger partial charge in [-0.3, -0.25) is 9.59 Å². The van der Waals surface area contributed by atoms with Crippen LogP contribution in [0.25, 0.3) is 10.1 Å². The third-order valence-corrected chi connectivity index (χ3v) is 9.48. The van der Waals surface area contributed by atoms with Crippen molar-refractivity contribution < 1.29 is 29.0 Å². The summed E-state index contributed by atoms with van der Waals surface area (Å²) in [7, 11) is 0. The maximum atomic E-state index is 14.1. The molecule has 2 unspecified atom stereocenters. The number of β-amino-alcohol motifs (C(OH)–C–C–N with tert-alkyl or cyclic N) is 1. The van der Waals surface area contributed by atoms with Crippen LogP contribution in [0.15, 0.2) is 66.7 Å². The molecule has 0 spiro atoms. The number of nitrogen functional groups attached to an aromatic ring is 1. The Labute approximate surface area is 270 Å². The Morgan fingerprint density at radius 1 is 1.02 bits per heavy atom. The average Bonchev–Trinajstić information content (AvgIpc) is 3.41. The summed E-state index contributed by atoms with van der Waals surface area (Å²) in [5.41, 5.74) is 19.5. The molecule has 8 N–H and O–H groups in total. The van der Waals surface area contributed by atoms with E-state index < -0.39 is 47.1 Å². The van der Waals surface area contributed by atoms with E-state index in [9.17, 15) is 19.5 Å². The summed E-state index contributed by atoms with van der Waals surface area (Å²) in [5.74, 6) is 0.281. The molecule has 1 fully saturated rings. The number of hydrogen-bond donors (Lipinski definition) is 5. The van der Waals surface area contributed by atoms with Crippen molar-refractivity contribution in [1.29, 1.82) is 0 Å². The number of para-hydroxylation sites is 1. The van der Waals surface area contributed by atoms with E-state index in [-0.39, 0.29) is 24.4 Å². The van der Waals surface area contributed by atoms with Gasteiger partial charge in [0.15, 0.2) is 5.78 Å². The van der Waals surface area contributed by atoms with Crippen LogP contribution in [0, 0.1) is 0 Å². The number of anilines is 1. The zero-order chi connectivity index (χ0) is 33.0. The van der Waals surface area contributed by atoms with E-state index >= 15 is 0 Å². The second-order valence-electron chi connectivity index (χ2n) is 12.8. The molecular weight excluding hydrogens is 606 g/mol. The fraction of sp³-hybridized carbons (Fsp3) is 0.324. The van der Waals surface area contributed by atoms with Gasteiger partial charge in [-0.15, -0.1) is 11.3 Å². The fourth-order valence-electron chi connectivity index (χ4n) is 6.16. The van der Waals surface area contributed by atoms with Crippen LogP contribution < -0.4 is 27.3 Å². The zero-order valence-corrected chi connectivity index (χ0v) is 26.6. The number of nitrogens with one attached hydrogen (secondary N) is 1. The van der Waals surface area contributed by atoms with Gasteiger partial charge in [-0.1, -0.05) is 36.4 Å². The fourth-order valence-corrected chi connectivity index (χ4v) is 7.36. The normalized spacial score (nSPS) is 22.9. The Bertz CT molecular complexity index is 1820. The van der Waals surface area contributed by atoms with Crippen LogP contribution in [0.5, 0.6) is 11.5 Å². The third kappa shape index (κ3) is 5.69. The standard InChI is InChI=1S/C34H37N5O6S/c1-33(2,3)45-32(43)39-16-19(15-20(40)17-39)38-31(42)29-26-25-23(13-14-24(35)28(25)46-29)34(37,30(41)27(26)36)18-9-11-22(12-10-18)44-21-7-5-4-6-8-21/h4-14,19-20,27,40H,15-17,35-37H2,1-3H3,(H,38,42)/t19-,20-,27?,34?/m1/s1. The molecule has 12 heteroatoms. The first-order chi connectivity index (χ1) is 21.8. The van der Waals surface area contributed by atoms with Gasteiger partial charge in [0.1, 0.15) is 22.6 Å². The number of carbonyl (C=O) groups excluding carboxylic acids is 3. The highest BCUT2D eigenvalue weighted by Crippen LogP contribution is 2.49. The van der Waals surface area contributed by atoms with Crippen molar-refractivity contribution >= 4 is 44.9 Å². The minimum absolute atomic E-state index is 0.0899. The molecule has 46 heavy (non-hydrogen) atoms. The number of hydrogen-bond acceptors (Lipinski definition) is 10. The summed E-state index contributed by atoms with van der Waals surface area (Å²) in [6.45, 7) is 5.51. The molecule has 4 atom stereocenters. The lowest BCUT2D eigenvalue weighted by Crippen LogP contribution is -2.55. The monoisotopic (exact) mass is 643 g/mol. The summed E-state index contributed by atoms with van der Waals surface area (Å²) in [5, 5.41) is 14.0. The number of nitrogens with two attached hydrogens (primary N) is 3. The molecule has 1 aliphatic heterocycles. The number of aliphatic hydroxyl groups excluding tert-OH is 1. The number of benzene rings is 3. The maximum absolute atomic E-state index is 14.1. The van der Waals surface area contributed by atoms with Gasteiger partial charge in [0, 0.05) is 29.2 Å². The van der Waals surface area contributed by atoms with Gasteiger partial charge in [0.25, 0.3) is 5.91 Å². The number of amides is 2. The van der Waals surface area contributed by atoms with Crippen molar-refractivity contribution in [3.63, 3.8) is 0 Å². The van der Waals surface area contributed by atoms with Crippen LogP contribution in [0.1, 0.15) is 59.6 Å². The summed E-state index contributed by atoms with van der Waals surface area (Å²) >= 11 is 1.13. The highest BCUT2D eigenvalue weighted by molar-refractivity contribution is 7.21. The van der Waals surface area contributed by atoms with Gasteiger partial charge in [0.2, 0.25) is 0 Å². The second kappa shape index (κ2) is 11.7. The zero-order valence-electron chi connectivity index (χ0n) is 25.8. The van der Waals surface area contributed by atoms with Crippen LogP contribution in [0.3, 0.4) is 0 Å². The van der Waals surface area contributed by atoms with Gasteiger partial charge in [0.05, 0.1) is 28.3 Å². The molecule has 1 aromatic heterocycles. The molecule has 6 rings (SSSR count). The number of ketones is 1. The number of Topliss-reactive ketones (excluding diaryl/α,β-unsaturated/α-hetero) is 1. The number of likely N-dealkylation sites (tertiary alicyclic amines) is 1. The molecule has 2 amide bonds. The number of aliphatic hydroxyl groups is 1. The van der Waals surface area contributed by atoms with Crippen molar-refractivity contribution in [3.8, 4) is 11.5 Å². The Balaban J connectivity index is 1.32. The van der Waals surface area contributed by atoms with Crippen molar-refractivity contribution in [2.45, 2.75) is 56.5 Å². The van der Waals surface area contributed by atoms with E-state index in [4.69, 9.17) is 26.7 Å². The van der Waals surface area contributed by atoms with E-state index in [1.54, 1.807) is 57.2 Å². The Kier molecular flexibility index (Phi) is 8.01. The average molecular weight is 644 g/mol. The number of piperidine rings is 1. The first kappa shape index (κ1) is 31.5. The van der Waals surface area contributed by atoms with Crippen molar-refractivity contribution in [1.82, 2.24) is 10.2 Å². The molecule has 2 heterocycles. The van der Waals surface area contributed by atoms with E-state index in [2.05, 4.69) is 5.32 Å². The molecule has 240 valence electrons. The highest BCUT2D eigenvalue weighted by atomic mass is 32.1. The Morgan fingerprint density at radius 3 is 2.37 bits per heavy atom. The SMILES string of the molecule is CC(C)(C)OC(=O)N1C[C@H](O)C[C@@H](NC(=O)c2sc3c(N)ccc4c3c2C(N)C(=O)C4(N)c2ccc(Oc3ccccc3)cc2)C1. The molecule has 4 aromatic rings. The van der Waals surface area contributed by atoms with Gasteiger partial charge in [-0.25, -0.2) is 4.79 Å². The number of thiophene rings is 1. The predicted octanol–water partition coefficient (Wildman–Crippen LogP) is 4.16. The van der Waals surface area contributed by atoms with E-state index in [1.165, 1.54) is 4.90 Å². The van der Waals surface area contributed by atoms with Gasteiger partial charge < -0.3 is 42.0 Å². The minimum Gasteiger partial charge on any atom is -0.457 e. The molecule has 0 saturated carbocycles. The van der Waals surface area contributed by atoms with Crippen molar-refractivity contribution in [2.24, 2.45) is 11.5 Å². The maximum Gasteiger partial charge on any atom is 0.410 e. The molecule has 0 bridgehead atoms. The molecule has 2 aliphatic rings. The summed E-state index contributed by atoms with van der Waals surface area (Å²) in [6, 6.07) is 17.9. The molecular formula is C34H37N5O6S. The van der Waals surface area contributed by atoms with Crippen molar-refractivity contribution in [3.05, 3.63) is 88.3 Å². The first-order valence-corrected chi connectivity index (χ1v) is 15.8. The highest BCUT2D eigenvalue weighted by Gasteiger charge is 2.49. The second-order valence-corrected chi connectivity index (χ2v) is 13.8. The molecule has 3 aromatic carbocycles. The Hall–Kier alpha value is -4.49. The van der Waals surface area contributed by atoms with Crippen LogP contribution in [-0.4, -0.2) is 58.6 Å². The van der Waals surface area contributed by atoms with E-state index in [0.717, 1.165) is 11.3 Å². The molecule has 0 radical (unpaired) electrons. The minimum atomic E-state index is -1.61. The number of carbonyl (C=O) groups is 3. The number of rotatable bonds is 5. The van der Waals surface area contributed by atoms with Gasteiger partial charge in [-0.05, 0) is 68.7 Å². The van der Waals surface area contributed by atoms with E-state index in [1.807, 2.05) is 30.3 Å². The van der Waals surface area contributed by atoms with Crippen LogP contribution in [0.2, 0.25) is 0 Å².